The Kier molecular flexibility index (Phi) is 3.22. The zero-order valence-electron chi connectivity index (χ0n) is 11.7. The maximum Gasteiger partial charge on any atom is 0.0991 e. The second-order valence-corrected chi connectivity index (χ2v) is 6.49. The minimum Gasteiger partial charge on any atom is -0.371 e. The summed E-state index contributed by atoms with van der Waals surface area (Å²) in [5.41, 5.74) is 2.68. The minimum absolute atomic E-state index is 0.655. The molecule has 1 aliphatic carbocycles. The van der Waals surface area contributed by atoms with Gasteiger partial charge in [0.05, 0.1) is 11.6 Å². The van der Waals surface area contributed by atoms with E-state index in [1.54, 1.807) is 0 Å². The van der Waals surface area contributed by atoms with Gasteiger partial charge in [0.15, 0.2) is 0 Å². The highest BCUT2D eigenvalue weighted by molar-refractivity contribution is 5.50. The molecule has 2 nitrogen and oxygen atoms in total. The molecule has 1 aliphatic heterocycles. The lowest BCUT2D eigenvalue weighted by Gasteiger charge is -2.40. The number of anilines is 1. The number of piperidine rings is 1. The van der Waals surface area contributed by atoms with Crippen LogP contribution in [0.1, 0.15) is 44.6 Å². The van der Waals surface area contributed by atoms with Crippen LogP contribution in [0.2, 0.25) is 0 Å². The van der Waals surface area contributed by atoms with Crippen molar-refractivity contribution in [2.45, 2.75) is 39.0 Å². The first-order valence-electron chi connectivity index (χ1n) is 7.46. The Morgan fingerprint density at radius 2 is 1.84 bits per heavy atom. The molecule has 0 N–H and O–H groups in total. The summed E-state index contributed by atoms with van der Waals surface area (Å²) in [4.78, 5) is 2.48. The van der Waals surface area contributed by atoms with Gasteiger partial charge in [-0.25, -0.2) is 0 Å². The minimum atomic E-state index is 0.655. The maximum atomic E-state index is 8.84. The standard InChI is InChI=1S/C17H22N2/c1-14-6-7-17(12-14)8-10-19(11-9-17)16-4-2-15(13-18)3-5-16/h2-5,14H,6-12H2,1H3. The van der Waals surface area contributed by atoms with Crippen molar-refractivity contribution in [3.8, 4) is 6.07 Å². The second-order valence-electron chi connectivity index (χ2n) is 6.49. The SMILES string of the molecule is CC1CCC2(CCN(c3ccc(C#N)cc3)CC2)C1. The molecule has 1 saturated carbocycles. The molecule has 1 heterocycles. The van der Waals surface area contributed by atoms with Crippen LogP contribution in [-0.2, 0) is 0 Å². The van der Waals surface area contributed by atoms with E-state index in [0.717, 1.165) is 11.5 Å². The van der Waals surface area contributed by atoms with Gasteiger partial charge in [-0.15, -0.1) is 0 Å². The molecule has 0 amide bonds. The predicted octanol–water partition coefficient (Wildman–Crippen LogP) is 3.96. The molecule has 1 saturated heterocycles. The van der Waals surface area contributed by atoms with Gasteiger partial charge in [-0.3, -0.25) is 0 Å². The van der Waals surface area contributed by atoms with E-state index < -0.39 is 0 Å². The van der Waals surface area contributed by atoms with Crippen LogP contribution in [0.3, 0.4) is 0 Å². The first-order chi connectivity index (χ1) is 9.21. The van der Waals surface area contributed by atoms with E-state index in [4.69, 9.17) is 5.26 Å². The maximum absolute atomic E-state index is 8.84. The van der Waals surface area contributed by atoms with Gasteiger partial charge in [-0.05, 0) is 61.3 Å². The van der Waals surface area contributed by atoms with Crippen molar-refractivity contribution >= 4 is 5.69 Å². The molecule has 0 radical (unpaired) electrons. The summed E-state index contributed by atoms with van der Waals surface area (Å²) in [7, 11) is 0. The monoisotopic (exact) mass is 254 g/mol. The summed E-state index contributed by atoms with van der Waals surface area (Å²) < 4.78 is 0. The highest BCUT2D eigenvalue weighted by Crippen LogP contribution is 2.49. The number of hydrogen-bond donors (Lipinski definition) is 0. The molecular formula is C17H22N2. The molecule has 100 valence electrons. The molecule has 1 aromatic rings. The van der Waals surface area contributed by atoms with Crippen LogP contribution in [0.4, 0.5) is 5.69 Å². The summed E-state index contributed by atoms with van der Waals surface area (Å²) in [6.07, 6.45) is 7.00. The lowest BCUT2D eigenvalue weighted by atomic mass is 9.76. The van der Waals surface area contributed by atoms with E-state index in [1.165, 1.54) is 50.9 Å². The summed E-state index contributed by atoms with van der Waals surface area (Å²) in [6, 6.07) is 10.2. The van der Waals surface area contributed by atoms with Gasteiger partial charge in [0.25, 0.3) is 0 Å². The molecule has 3 rings (SSSR count). The Hall–Kier alpha value is -1.49. The molecule has 0 aromatic heterocycles. The van der Waals surface area contributed by atoms with E-state index in [9.17, 15) is 0 Å². The van der Waals surface area contributed by atoms with Crippen LogP contribution in [0.15, 0.2) is 24.3 Å². The normalized spacial score (nSPS) is 25.5. The quantitative estimate of drug-likeness (QED) is 0.758. The average molecular weight is 254 g/mol. The Labute approximate surface area is 116 Å². The smallest absolute Gasteiger partial charge is 0.0991 e. The van der Waals surface area contributed by atoms with Crippen molar-refractivity contribution < 1.29 is 0 Å². The lowest BCUT2D eigenvalue weighted by Crippen LogP contribution is -2.39. The summed E-state index contributed by atoms with van der Waals surface area (Å²) in [6.45, 7) is 4.76. The largest absolute Gasteiger partial charge is 0.371 e. The molecule has 0 bridgehead atoms. The zero-order chi connectivity index (χ0) is 13.3. The average Bonchev–Trinajstić information content (AvgIpc) is 2.81. The Morgan fingerprint density at radius 3 is 2.37 bits per heavy atom. The van der Waals surface area contributed by atoms with Gasteiger partial charge in [-0.1, -0.05) is 13.3 Å². The number of nitrogens with zero attached hydrogens (tertiary/aromatic N) is 2. The van der Waals surface area contributed by atoms with Gasteiger partial charge in [0.1, 0.15) is 0 Å². The number of hydrogen-bond acceptors (Lipinski definition) is 2. The third-order valence-electron chi connectivity index (χ3n) is 5.13. The fraction of sp³-hybridized carbons (Fsp3) is 0.588. The van der Waals surface area contributed by atoms with Gasteiger partial charge in [-0.2, -0.15) is 5.26 Å². The van der Waals surface area contributed by atoms with Crippen molar-refractivity contribution in [2.24, 2.45) is 11.3 Å². The summed E-state index contributed by atoms with van der Waals surface area (Å²) >= 11 is 0. The Balaban J connectivity index is 1.65. The van der Waals surface area contributed by atoms with Crippen LogP contribution in [-0.4, -0.2) is 13.1 Å². The van der Waals surface area contributed by atoms with E-state index in [-0.39, 0.29) is 0 Å². The van der Waals surface area contributed by atoms with Crippen LogP contribution < -0.4 is 4.90 Å². The second kappa shape index (κ2) is 4.89. The van der Waals surface area contributed by atoms with Crippen LogP contribution in [0.25, 0.3) is 0 Å². The first-order valence-corrected chi connectivity index (χ1v) is 7.46. The van der Waals surface area contributed by atoms with Crippen molar-refractivity contribution in [1.29, 1.82) is 5.26 Å². The number of benzene rings is 1. The Morgan fingerprint density at radius 1 is 1.16 bits per heavy atom. The zero-order valence-corrected chi connectivity index (χ0v) is 11.7. The van der Waals surface area contributed by atoms with E-state index >= 15 is 0 Å². The van der Waals surface area contributed by atoms with E-state index in [0.29, 0.717) is 5.41 Å². The molecule has 1 atom stereocenters. The molecule has 2 aliphatic rings. The van der Waals surface area contributed by atoms with Crippen molar-refractivity contribution in [1.82, 2.24) is 0 Å². The third-order valence-corrected chi connectivity index (χ3v) is 5.13. The Bertz CT molecular complexity index is 475. The number of nitriles is 1. The fourth-order valence-electron chi connectivity index (χ4n) is 3.94. The molecule has 1 spiro atoms. The molecule has 2 fully saturated rings. The van der Waals surface area contributed by atoms with Gasteiger partial charge in [0, 0.05) is 18.8 Å². The third kappa shape index (κ3) is 2.47. The predicted molar refractivity (Wildman–Crippen MR) is 78.1 cm³/mol. The molecular weight excluding hydrogens is 232 g/mol. The first kappa shape index (κ1) is 12.5. The molecule has 1 aromatic carbocycles. The molecule has 2 heteroatoms. The van der Waals surface area contributed by atoms with Gasteiger partial charge >= 0.3 is 0 Å². The fourth-order valence-corrected chi connectivity index (χ4v) is 3.94. The van der Waals surface area contributed by atoms with Gasteiger partial charge in [0.2, 0.25) is 0 Å². The molecule has 19 heavy (non-hydrogen) atoms. The topological polar surface area (TPSA) is 27.0 Å². The van der Waals surface area contributed by atoms with Crippen molar-refractivity contribution in [2.75, 3.05) is 18.0 Å². The van der Waals surface area contributed by atoms with Crippen LogP contribution in [0.5, 0.6) is 0 Å². The van der Waals surface area contributed by atoms with Gasteiger partial charge < -0.3 is 4.90 Å². The van der Waals surface area contributed by atoms with Crippen molar-refractivity contribution in [3.05, 3.63) is 29.8 Å². The number of rotatable bonds is 1. The highest BCUT2D eigenvalue weighted by atomic mass is 15.1. The van der Waals surface area contributed by atoms with E-state index in [2.05, 4.69) is 30.0 Å². The van der Waals surface area contributed by atoms with Crippen LogP contribution in [0, 0.1) is 22.7 Å². The molecule has 1 unspecified atom stereocenters. The summed E-state index contributed by atoms with van der Waals surface area (Å²) in [5, 5.41) is 8.84. The van der Waals surface area contributed by atoms with Crippen molar-refractivity contribution in [3.63, 3.8) is 0 Å². The van der Waals surface area contributed by atoms with E-state index in [1.807, 2.05) is 12.1 Å². The highest BCUT2D eigenvalue weighted by Gasteiger charge is 2.39. The summed E-state index contributed by atoms with van der Waals surface area (Å²) in [5.74, 6) is 0.932. The van der Waals surface area contributed by atoms with Crippen LogP contribution >= 0.6 is 0 Å². The lowest BCUT2D eigenvalue weighted by molar-refractivity contribution is 0.219.